The Morgan fingerprint density at radius 1 is 1.13 bits per heavy atom. The van der Waals surface area contributed by atoms with Gasteiger partial charge in [0.25, 0.3) is 0 Å². The molecule has 0 atom stereocenters. The number of carbonyl (C=O) groups is 1. The molecule has 1 saturated carbocycles. The summed E-state index contributed by atoms with van der Waals surface area (Å²) in [6, 6.07) is 15.5. The summed E-state index contributed by atoms with van der Waals surface area (Å²) in [5.74, 6) is 0.899. The molecule has 1 aliphatic carbocycles. The average molecular weight is 330 g/mol. The van der Waals surface area contributed by atoms with Crippen LogP contribution in [0, 0.1) is 6.92 Å². The highest BCUT2D eigenvalue weighted by Crippen LogP contribution is 2.48. The molecule has 2 aromatic rings. The molecule has 0 radical (unpaired) electrons. The minimum atomic E-state index is -0.367. The van der Waals surface area contributed by atoms with E-state index in [1.165, 1.54) is 5.56 Å². The molecule has 1 aliphatic rings. The van der Waals surface area contributed by atoms with Gasteiger partial charge in [0.2, 0.25) is 5.91 Å². The molecule has 3 nitrogen and oxygen atoms in total. The van der Waals surface area contributed by atoms with E-state index in [4.69, 9.17) is 16.3 Å². The molecule has 0 bridgehead atoms. The van der Waals surface area contributed by atoms with E-state index in [1.807, 2.05) is 55.5 Å². The molecule has 1 amide bonds. The molecule has 0 unspecified atom stereocenters. The molecule has 23 heavy (non-hydrogen) atoms. The summed E-state index contributed by atoms with van der Waals surface area (Å²) in [7, 11) is 0. The lowest BCUT2D eigenvalue weighted by atomic mass is 9.95. The van der Waals surface area contributed by atoms with Crippen LogP contribution in [-0.2, 0) is 10.2 Å². The number of halogens is 1. The number of rotatable bonds is 6. The average Bonchev–Trinajstić information content (AvgIpc) is 3.35. The molecule has 1 N–H and O–H groups in total. The van der Waals surface area contributed by atoms with E-state index in [9.17, 15) is 4.79 Å². The van der Waals surface area contributed by atoms with Crippen molar-refractivity contribution in [1.82, 2.24) is 5.32 Å². The summed E-state index contributed by atoms with van der Waals surface area (Å²) < 4.78 is 5.63. The lowest BCUT2D eigenvalue weighted by Crippen LogP contribution is -2.37. The second kappa shape index (κ2) is 6.63. The van der Waals surface area contributed by atoms with Crippen LogP contribution < -0.4 is 10.1 Å². The summed E-state index contributed by atoms with van der Waals surface area (Å²) in [4.78, 5) is 12.5. The molecule has 120 valence electrons. The number of amides is 1. The van der Waals surface area contributed by atoms with Crippen LogP contribution in [0.15, 0.2) is 48.5 Å². The van der Waals surface area contributed by atoms with Gasteiger partial charge in [-0.3, -0.25) is 4.79 Å². The van der Waals surface area contributed by atoms with Gasteiger partial charge < -0.3 is 10.1 Å². The summed E-state index contributed by atoms with van der Waals surface area (Å²) >= 11 is 5.92. The minimum Gasteiger partial charge on any atom is -0.492 e. The highest BCUT2D eigenvalue weighted by molar-refractivity contribution is 6.30. The van der Waals surface area contributed by atoms with E-state index in [0.29, 0.717) is 18.2 Å². The smallest absolute Gasteiger partial charge is 0.230 e. The van der Waals surface area contributed by atoms with Crippen molar-refractivity contribution < 1.29 is 9.53 Å². The fourth-order valence-corrected chi connectivity index (χ4v) is 2.80. The number of hydrogen-bond donors (Lipinski definition) is 1. The van der Waals surface area contributed by atoms with Gasteiger partial charge in [0.15, 0.2) is 0 Å². The van der Waals surface area contributed by atoms with E-state index >= 15 is 0 Å². The summed E-state index contributed by atoms with van der Waals surface area (Å²) in [6.07, 6.45) is 1.78. The quantitative estimate of drug-likeness (QED) is 0.817. The lowest BCUT2D eigenvalue weighted by Gasteiger charge is -2.16. The van der Waals surface area contributed by atoms with Gasteiger partial charge in [0.1, 0.15) is 12.4 Å². The number of benzene rings is 2. The third-order valence-corrected chi connectivity index (χ3v) is 4.51. The Bertz CT molecular complexity index is 676. The van der Waals surface area contributed by atoms with Crippen molar-refractivity contribution in [3.8, 4) is 5.75 Å². The molecule has 3 rings (SSSR count). The van der Waals surface area contributed by atoms with Crippen molar-refractivity contribution >= 4 is 17.5 Å². The number of nitrogens with one attached hydrogen (secondary N) is 1. The number of carbonyl (C=O) groups excluding carboxylic acids is 1. The van der Waals surface area contributed by atoms with Crippen molar-refractivity contribution in [2.24, 2.45) is 0 Å². The fourth-order valence-electron chi connectivity index (χ4n) is 2.68. The normalized spacial score (nSPS) is 15.0. The van der Waals surface area contributed by atoms with Gasteiger partial charge in [0, 0.05) is 5.02 Å². The van der Waals surface area contributed by atoms with E-state index in [0.717, 1.165) is 24.2 Å². The van der Waals surface area contributed by atoms with Crippen molar-refractivity contribution in [3.63, 3.8) is 0 Å². The maximum absolute atomic E-state index is 12.5. The maximum Gasteiger partial charge on any atom is 0.230 e. The van der Waals surface area contributed by atoms with Crippen molar-refractivity contribution in [2.45, 2.75) is 25.2 Å². The summed E-state index contributed by atoms with van der Waals surface area (Å²) in [5.41, 5.74) is 1.87. The van der Waals surface area contributed by atoms with E-state index < -0.39 is 0 Å². The first-order valence-electron chi connectivity index (χ1n) is 7.84. The fraction of sp³-hybridized carbons (Fsp3) is 0.316. The zero-order valence-corrected chi connectivity index (χ0v) is 13.9. The van der Waals surface area contributed by atoms with Crippen LogP contribution in [0.5, 0.6) is 5.75 Å². The number of aryl methyl sites for hydroxylation is 1. The van der Waals surface area contributed by atoms with Gasteiger partial charge in [-0.25, -0.2) is 0 Å². The Morgan fingerprint density at radius 2 is 1.78 bits per heavy atom. The van der Waals surface area contributed by atoms with Crippen molar-refractivity contribution in [1.29, 1.82) is 0 Å². The van der Waals surface area contributed by atoms with E-state index in [1.54, 1.807) is 0 Å². The third-order valence-electron chi connectivity index (χ3n) is 4.26. The van der Waals surface area contributed by atoms with Crippen LogP contribution in [-0.4, -0.2) is 19.1 Å². The topological polar surface area (TPSA) is 38.3 Å². The van der Waals surface area contributed by atoms with Crippen LogP contribution >= 0.6 is 11.6 Å². The van der Waals surface area contributed by atoms with E-state index in [-0.39, 0.29) is 11.3 Å². The first-order valence-corrected chi connectivity index (χ1v) is 8.22. The Labute approximate surface area is 141 Å². The first-order chi connectivity index (χ1) is 11.1. The zero-order valence-electron chi connectivity index (χ0n) is 13.1. The molecule has 2 aromatic carbocycles. The van der Waals surface area contributed by atoms with Crippen LogP contribution in [0.25, 0.3) is 0 Å². The number of ether oxygens (including phenoxy) is 1. The molecule has 0 spiro atoms. The van der Waals surface area contributed by atoms with Gasteiger partial charge in [-0.2, -0.15) is 0 Å². The molecule has 4 heteroatoms. The van der Waals surface area contributed by atoms with Gasteiger partial charge >= 0.3 is 0 Å². The maximum atomic E-state index is 12.5. The zero-order chi connectivity index (χ0) is 16.3. The highest BCUT2D eigenvalue weighted by Gasteiger charge is 2.50. The second-order valence-electron chi connectivity index (χ2n) is 6.01. The van der Waals surface area contributed by atoms with Crippen LogP contribution in [0.4, 0.5) is 0 Å². The monoisotopic (exact) mass is 329 g/mol. The Hall–Kier alpha value is -2.00. The van der Waals surface area contributed by atoms with Crippen LogP contribution in [0.3, 0.4) is 0 Å². The second-order valence-corrected chi connectivity index (χ2v) is 6.44. The largest absolute Gasteiger partial charge is 0.492 e. The molecule has 0 aromatic heterocycles. The van der Waals surface area contributed by atoms with Crippen molar-refractivity contribution in [3.05, 3.63) is 64.7 Å². The van der Waals surface area contributed by atoms with Gasteiger partial charge in [-0.05, 0) is 49.6 Å². The molecule has 0 aliphatic heterocycles. The molecule has 0 saturated heterocycles. The highest BCUT2D eigenvalue weighted by atomic mass is 35.5. The lowest BCUT2D eigenvalue weighted by molar-refractivity contribution is -0.123. The molecular formula is C19H20ClNO2. The van der Waals surface area contributed by atoms with Crippen LogP contribution in [0.2, 0.25) is 5.02 Å². The summed E-state index contributed by atoms with van der Waals surface area (Å²) in [5, 5.41) is 3.67. The van der Waals surface area contributed by atoms with Gasteiger partial charge in [0.05, 0.1) is 12.0 Å². The molecular weight excluding hydrogens is 310 g/mol. The van der Waals surface area contributed by atoms with Gasteiger partial charge in [-0.1, -0.05) is 41.4 Å². The standard InChI is InChI=1S/C19H20ClNO2/c1-14-2-8-17(9-3-14)23-13-12-21-18(22)19(10-11-19)15-4-6-16(20)7-5-15/h2-9H,10-13H2,1H3,(H,21,22). The van der Waals surface area contributed by atoms with Crippen LogP contribution in [0.1, 0.15) is 24.0 Å². The predicted molar refractivity (Wildman–Crippen MR) is 92.0 cm³/mol. The Morgan fingerprint density at radius 3 is 2.39 bits per heavy atom. The van der Waals surface area contributed by atoms with E-state index in [2.05, 4.69) is 5.32 Å². The SMILES string of the molecule is Cc1ccc(OCCNC(=O)C2(c3ccc(Cl)cc3)CC2)cc1. The third kappa shape index (κ3) is 3.67. The summed E-state index contributed by atoms with van der Waals surface area (Å²) in [6.45, 7) is 3.00. The Balaban J connectivity index is 1.49. The van der Waals surface area contributed by atoms with Gasteiger partial charge in [-0.15, -0.1) is 0 Å². The predicted octanol–water partition coefficient (Wildman–Crippen LogP) is 3.88. The Kier molecular flexibility index (Phi) is 4.58. The molecule has 0 heterocycles. The molecule has 1 fully saturated rings. The van der Waals surface area contributed by atoms with Crippen molar-refractivity contribution in [2.75, 3.05) is 13.2 Å². The minimum absolute atomic E-state index is 0.0762. The number of hydrogen-bond acceptors (Lipinski definition) is 2. The first kappa shape index (κ1) is 15.9.